The summed E-state index contributed by atoms with van der Waals surface area (Å²) < 4.78 is 5.15. The Hall–Kier alpha value is -1.14. The Morgan fingerprint density at radius 3 is 1.93 bits per heavy atom. The van der Waals surface area contributed by atoms with Crippen molar-refractivity contribution >= 4 is 18.4 Å². The van der Waals surface area contributed by atoms with E-state index in [2.05, 4.69) is 47.9 Å². The average Bonchev–Trinajstić information content (AvgIpc) is 2.65. The first-order chi connectivity index (χ1) is 13.1. The van der Waals surface area contributed by atoms with Crippen LogP contribution in [0.4, 0.5) is 0 Å². The highest BCUT2D eigenvalue weighted by atomic mass is 35.5. The zero-order chi connectivity index (χ0) is 19.9. The van der Waals surface area contributed by atoms with Crippen molar-refractivity contribution in [3.8, 4) is 0 Å². The number of hydrogen-bond acceptors (Lipinski definition) is 5. The summed E-state index contributed by atoms with van der Waals surface area (Å²) in [5.41, 5.74) is 8.10. The highest BCUT2D eigenvalue weighted by Gasteiger charge is 2.08. The lowest BCUT2D eigenvalue weighted by atomic mass is 10.1. The lowest BCUT2D eigenvalue weighted by Crippen LogP contribution is -2.30. The quantitative estimate of drug-likeness (QED) is 0.349. The van der Waals surface area contributed by atoms with Crippen LogP contribution in [0.5, 0.6) is 0 Å². The fourth-order valence-corrected chi connectivity index (χ4v) is 3.27. The number of carbonyl (C=O) groups excluding carboxylic acids is 1. The van der Waals surface area contributed by atoms with Crippen molar-refractivity contribution in [1.82, 2.24) is 9.80 Å². The molecule has 0 aliphatic rings. The van der Waals surface area contributed by atoms with E-state index in [-0.39, 0.29) is 18.4 Å². The molecule has 0 saturated carbocycles. The summed E-state index contributed by atoms with van der Waals surface area (Å²) in [6.45, 7) is 13.2. The highest BCUT2D eigenvalue weighted by Crippen LogP contribution is 2.09. The second-order valence-electron chi connectivity index (χ2n) is 7.19. The molecule has 0 amide bonds. The van der Waals surface area contributed by atoms with E-state index >= 15 is 0 Å². The Bertz CT molecular complexity index is 505. The molecule has 0 saturated heterocycles. The maximum Gasteiger partial charge on any atom is 0.302 e. The third-order valence-corrected chi connectivity index (χ3v) is 4.66. The summed E-state index contributed by atoms with van der Waals surface area (Å²) in [7, 11) is 0. The summed E-state index contributed by atoms with van der Waals surface area (Å²) in [5, 5.41) is 0. The van der Waals surface area contributed by atoms with E-state index in [4.69, 9.17) is 10.5 Å². The molecule has 0 bridgehead atoms. The van der Waals surface area contributed by atoms with Crippen molar-refractivity contribution in [2.45, 2.75) is 59.5 Å². The molecule has 5 nitrogen and oxygen atoms in total. The molecule has 0 aliphatic heterocycles. The Morgan fingerprint density at radius 2 is 1.43 bits per heavy atom. The summed E-state index contributed by atoms with van der Waals surface area (Å²) in [5.74, 6) is -0.211. The van der Waals surface area contributed by atoms with Crippen LogP contribution in [0, 0.1) is 0 Å². The molecule has 0 unspecified atom stereocenters. The van der Waals surface area contributed by atoms with E-state index < -0.39 is 0 Å². The van der Waals surface area contributed by atoms with Crippen LogP contribution in [0.3, 0.4) is 0 Å². The van der Waals surface area contributed by atoms with Crippen molar-refractivity contribution in [3.63, 3.8) is 0 Å². The van der Waals surface area contributed by atoms with Crippen LogP contribution in [0.2, 0.25) is 0 Å². The van der Waals surface area contributed by atoms with Gasteiger partial charge in [-0.2, -0.15) is 0 Å². The van der Waals surface area contributed by atoms with Crippen LogP contribution in [-0.2, 0) is 22.6 Å². The molecular formula is C22H40ClN3O2. The number of nitrogens with two attached hydrogens (primary N) is 1. The number of ether oxygens (including phenoxy) is 1. The van der Waals surface area contributed by atoms with Gasteiger partial charge in [-0.15, -0.1) is 12.4 Å². The lowest BCUT2D eigenvalue weighted by Gasteiger charge is -2.24. The van der Waals surface area contributed by atoms with E-state index in [1.54, 1.807) is 0 Å². The maximum absolute atomic E-state index is 11.1. The molecular weight excluding hydrogens is 374 g/mol. The molecule has 6 heteroatoms. The SMILES string of the molecule is CCCN(CCC)CCCCN(CCOC(C)=O)Cc1ccc(CN)cc1.Cl. The molecule has 0 spiro atoms. The van der Waals surface area contributed by atoms with E-state index in [0.717, 1.165) is 31.6 Å². The molecule has 0 heterocycles. The number of carbonyl (C=O) groups is 1. The zero-order valence-corrected chi connectivity index (χ0v) is 18.8. The topological polar surface area (TPSA) is 58.8 Å². The van der Waals surface area contributed by atoms with Gasteiger partial charge in [-0.1, -0.05) is 38.1 Å². The van der Waals surface area contributed by atoms with Gasteiger partial charge < -0.3 is 15.4 Å². The van der Waals surface area contributed by atoms with Gasteiger partial charge in [0.2, 0.25) is 0 Å². The van der Waals surface area contributed by atoms with Crippen molar-refractivity contribution in [2.75, 3.05) is 39.3 Å². The number of halogens is 1. The maximum atomic E-state index is 11.1. The number of nitrogens with zero attached hydrogens (tertiary/aromatic N) is 2. The van der Waals surface area contributed by atoms with E-state index in [9.17, 15) is 4.79 Å². The van der Waals surface area contributed by atoms with Gasteiger partial charge in [-0.25, -0.2) is 0 Å². The molecule has 0 aliphatic carbocycles. The molecule has 0 atom stereocenters. The first-order valence-corrected chi connectivity index (χ1v) is 10.4. The van der Waals surface area contributed by atoms with Crippen LogP contribution in [0.25, 0.3) is 0 Å². The van der Waals surface area contributed by atoms with Gasteiger partial charge in [0.05, 0.1) is 0 Å². The van der Waals surface area contributed by atoms with Gasteiger partial charge in [-0.3, -0.25) is 9.69 Å². The predicted octanol–water partition coefficient (Wildman–Crippen LogP) is 3.83. The Kier molecular flexibility index (Phi) is 16.1. The molecule has 2 N–H and O–H groups in total. The first-order valence-electron chi connectivity index (χ1n) is 10.4. The molecule has 28 heavy (non-hydrogen) atoms. The molecule has 162 valence electrons. The molecule has 1 rings (SSSR count). The van der Waals surface area contributed by atoms with Crippen LogP contribution < -0.4 is 5.73 Å². The first kappa shape index (κ1) is 26.9. The molecule has 1 aromatic carbocycles. The minimum Gasteiger partial charge on any atom is -0.465 e. The number of esters is 1. The van der Waals surface area contributed by atoms with Crippen LogP contribution in [0.15, 0.2) is 24.3 Å². The van der Waals surface area contributed by atoms with Crippen molar-refractivity contribution in [3.05, 3.63) is 35.4 Å². The molecule has 0 fully saturated rings. The highest BCUT2D eigenvalue weighted by molar-refractivity contribution is 5.85. The number of rotatable bonds is 15. The fourth-order valence-electron chi connectivity index (χ4n) is 3.27. The predicted molar refractivity (Wildman–Crippen MR) is 120 cm³/mol. The third-order valence-electron chi connectivity index (χ3n) is 4.66. The van der Waals surface area contributed by atoms with Crippen LogP contribution >= 0.6 is 12.4 Å². The van der Waals surface area contributed by atoms with Crippen molar-refractivity contribution < 1.29 is 9.53 Å². The van der Waals surface area contributed by atoms with Crippen LogP contribution in [0.1, 0.15) is 57.6 Å². The standard InChI is InChI=1S/C22H39N3O2.ClH/c1-4-12-24(13-5-2)14-6-7-15-25(16-17-27-20(3)26)19-22-10-8-21(18-23)9-11-22;/h8-11H,4-7,12-19,23H2,1-3H3;1H. The Labute approximate surface area is 178 Å². The summed E-state index contributed by atoms with van der Waals surface area (Å²) in [6.07, 6.45) is 4.79. The second kappa shape index (κ2) is 16.8. The van der Waals surface area contributed by atoms with Crippen molar-refractivity contribution in [2.24, 2.45) is 5.73 Å². The van der Waals surface area contributed by atoms with Gasteiger partial charge in [0.15, 0.2) is 0 Å². The summed E-state index contributed by atoms with van der Waals surface area (Å²) in [4.78, 5) is 16.0. The smallest absolute Gasteiger partial charge is 0.302 e. The molecule has 1 aromatic rings. The van der Waals surface area contributed by atoms with Gasteiger partial charge in [0.25, 0.3) is 0 Å². The van der Waals surface area contributed by atoms with E-state index in [0.29, 0.717) is 13.2 Å². The molecule has 0 aromatic heterocycles. The van der Waals surface area contributed by atoms with Gasteiger partial charge >= 0.3 is 5.97 Å². The number of hydrogen-bond donors (Lipinski definition) is 1. The van der Waals surface area contributed by atoms with Crippen molar-refractivity contribution in [1.29, 1.82) is 0 Å². The number of unbranched alkanes of at least 4 members (excludes halogenated alkanes) is 1. The largest absolute Gasteiger partial charge is 0.465 e. The zero-order valence-electron chi connectivity index (χ0n) is 18.0. The fraction of sp³-hybridized carbons (Fsp3) is 0.682. The van der Waals surface area contributed by atoms with Crippen LogP contribution in [-0.4, -0.2) is 55.1 Å². The summed E-state index contributed by atoms with van der Waals surface area (Å²) >= 11 is 0. The van der Waals surface area contributed by atoms with Gasteiger partial charge in [0, 0.05) is 26.6 Å². The van der Waals surface area contributed by atoms with Gasteiger partial charge in [-0.05, 0) is 63.0 Å². The normalized spacial score (nSPS) is 10.9. The second-order valence-corrected chi connectivity index (χ2v) is 7.19. The Morgan fingerprint density at radius 1 is 0.893 bits per heavy atom. The third kappa shape index (κ3) is 12.3. The van der Waals surface area contributed by atoms with Gasteiger partial charge in [0.1, 0.15) is 6.61 Å². The monoisotopic (exact) mass is 413 g/mol. The minimum absolute atomic E-state index is 0. The van der Waals surface area contributed by atoms with E-state index in [1.807, 2.05) is 0 Å². The van der Waals surface area contributed by atoms with E-state index in [1.165, 1.54) is 51.4 Å². The molecule has 0 radical (unpaired) electrons. The summed E-state index contributed by atoms with van der Waals surface area (Å²) in [6, 6.07) is 8.47. The minimum atomic E-state index is -0.211. The lowest BCUT2D eigenvalue weighted by molar-refractivity contribution is -0.141. The Balaban J connectivity index is 0.00000729. The average molecular weight is 414 g/mol. The number of benzene rings is 1.